The van der Waals surface area contributed by atoms with Crippen LogP contribution in [0.5, 0.6) is 0 Å². The van der Waals surface area contributed by atoms with Crippen molar-refractivity contribution in [2.45, 2.75) is 29.5 Å². The van der Waals surface area contributed by atoms with Crippen molar-refractivity contribution in [2.75, 3.05) is 23.4 Å². The Bertz CT molecular complexity index is 1110. The summed E-state index contributed by atoms with van der Waals surface area (Å²) >= 11 is 0. The fourth-order valence-corrected chi connectivity index (χ4v) is 8.19. The highest BCUT2D eigenvalue weighted by molar-refractivity contribution is 7.96. The maximum atomic E-state index is 13.1. The van der Waals surface area contributed by atoms with E-state index >= 15 is 0 Å². The molecule has 0 spiro atoms. The van der Waals surface area contributed by atoms with Crippen molar-refractivity contribution in [3.8, 4) is 0 Å². The second-order valence-corrected chi connectivity index (χ2v) is 11.6. The van der Waals surface area contributed by atoms with Gasteiger partial charge in [-0.05, 0) is 54.9 Å². The lowest BCUT2D eigenvalue weighted by atomic mass is 10.1. The molecule has 10 heteroatoms. The number of amides is 1. The lowest BCUT2D eigenvalue weighted by Gasteiger charge is -2.20. The summed E-state index contributed by atoms with van der Waals surface area (Å²) < 4.78 is 63.6. The Morgan fingerprint density at radius 2 is 1.70 bits per heavy atom. The van der Waals surface area contributed by atoms with Gasteiger partial charge in [-0.25, -0.2) is 21.2 Å². The first-order valence-electron chi connectivity index (χ1n) is 9.37. The molecule has 1 aliphatic heterocycles. The number of halogens is 1. The summed E-state index contributed by atoms with van der Waals surface area (Å²) in [6.45, 7) is 1.70. The Balaban J connectivity index is 1.73. The highest BCUT2D eigenvalue weighted by Gasteiger charge is 2.45. The van der Waals surface area contributed by atoms with Gasteiger partial charge in [0.2, 0.25) is 5.91 Å². The Morgan fingerprint density at radius 1 is 1.07 bits per heavy atom. The van der Waals surface area contributed by atoms with Crippen LogP contribution in [0.1, 0.15) is 12.5 Å². The second-order valence-electron chi connectivity index (χ2n) is 7.30. The highest BCUT2D eigenvalue weighted by Crippen LogP contribution is 2.27. The quantitative estimate of drug-likeness (QED) is 0.657. The third kappa shape index (κ3) is 5.44. The van der Waals surface area contributed by atoms with Crippen LogP contribution in [0.3, 0.4) is 0 Å². The van der Waals surface area contributed by atoms with Gasteiger partial charge in [-0.2, -0.15) is 0 Å². The minimum atomic E-state index is -3.91. The number of nitrogens with one attached hydrogen (secondary N) is 2. The number of anilines is 1. The van der Waals surface area contributed by atoms with Gasteiger partial charge >= 0.3 is 0 Å². The standard InChI is InChI=1S/C20H23FN2O5S2/c1-14(24)23-17-6-8-18(9-7-17)30(27,28)20-13-29(25,26)12-19(20)22-11-10-15-2-4-16(21)5-3-15/h2-9,19-20,22H,10-13H2,1H3,(H,23,24). The molecule has 1 saturated heterocycles. The molecule has 162 valence electrons. The second kappa shape index (κ2) is 8.83. The predicted molar refractivity (Wildman–Crippen MR) is 112 cm³/mol. The number of sulfone groups is 2. The number of carbonyl (C=O) groups excluding carboxylic acids is 1. The van der Waals surface area contributed by atoms with Gasteiger partial charge in [0, 0.05) is 18.7 Å². The summed E-state index contributed by atoms with van der Waals surface area (Å²) in [6, 6.07) is 10.9. The SMILES string of the molecule is CC(=O)Nc1ccc(S(=O)(=O)C2CS(=O)(=O)CC2NCCc2ccc(F)cc2)cc1. The van der Waals surface area contributed by atoms with Crippen LogP contribution in [0.25, 0.3) is 0 Å². The van der Waals surface area contributed by atoms with Gasteiger partial charge in [-0.1, -0.05) is 12.1 Å². The van der Waals surface area contributed by atoms with E-state index in [0.29, 0.717) is 18.7 Å². The van der Waals surface area contributed by atoms with Gasteiger partial charge < -0.3 is 10.6 Å². The largest absolute Gasteiger partial charge is 0.326 e. The number of benzene rings is 2. The van der Waals surface area contributed by atoms with Crippen molar-refractivity contribution >= 4 is 31.3 Å². The molecule has 0 aromatic heterocycles. The molecular formula is C20H23FN2O5S2. The van der Waals surface area contributed by atoms with Crippen LogP contribution in [-0.4, -0.2) is 52.1 Å². The fraction of sp³-hybridized carbons (Fsp3) is 0.350. The summed E-state index contributed by atoms with van der Waals surface area (Å²) in [7, 11) is -7.42. The van der Waals surface area contributed by atoms with Crippen LogP contribution >= 0.6 is 0 Å². The van der Waals surface area contributed by atoms with E-state index in [0.717, 1.165) is 5.56 Å². The molecule has 30 heavy (non-hydrogen) atoms. The molecule has 2 unspecified atom stereocenters. The van der Waals surface area contributed by atoms with Crippen LogP contribution in [0.4, 0.5) is 10.1 Å². The lowest BCUT2D eigenvalue weighted by Crippen LogP contribution is -2.44. The maximum Gasteiger partial charge on any atom is 0.221 e. The molecule has 3 rings (SSSR count). The minimum Gasteiger partial charge on any atom is -0.326 e. The Hall–Kier alpha value is -2.30. The first-order chi connectivity index (χ1) is 14.1. The van der Waals surface area contributed by atoms with Crippen LogP contribution in [-0.2, 0) is 30.9 Å². The monoisotopic (exact) mass is 454 g/mol. The summed E-state index contributed by atoms with van der Waals surface area (Å²) in [5, 5.41) is 4.50. The van der Waals surface area contributed by atoms with E-state index in [1.54, 1.807) is 12.1 Å². The van der Waals surface area contributed by atoms with Gasteiger partial charge in [0.25, 0.3) is 0 Å². The normalized spacial score (nSPS) is 20.7. The lowest BCUT2D eigenvalue weighted by molar-refractivity contribution is -0.114. The summed E-state index contributed by atoms with van der Waals surface area (Å²) in [4.78, 5) is 11.1. The van der Waals surface area contributed by atoms with E-state index in [-0.39, 0.29) is 22.4 Å². The molecule has 1 amide bonds. The summed E-state index contributed by atoms with van der Waals surface area (Å²) in [6.07, 6.45) is 0.509. The average molecular weight is 455 g/mol. The summed E-state index contributed by atoms with van der Waals surface area (Å²) in [5.41, 5.74) is 1.31. The molecule has 1 heterocycles. The number of hydrogen-bond acceptors (Lipinski definition) is 6. The first kappa shape index (κ1) is 22.4. The molecule has 1 aliphatic rings. The Morgan fingerprint density at radius 3 is 2.30 bits per heavy atom. The third-order valence-electron chi connectivity index (χ3n) is 4.94. The van der Waals surface area contributed by atoms with E-state index in [9.17, 15) is 26.0 Å². The predicted octanol–water partition coefficient (Wildman–Crippen LogP) is 1.56. The smallest absolute Gasteiger partial charge is 0.221 e. The van der Waals surface area contributed by atoms with Crippen LogP contribution in [0, 0.1) is 5.82 Å². The van der Waals surface area contributed by atoms with E-state index in [1.807, 2.05) is 0 Å². The van der Waals surface area contributed by atoms with Gasteiger partial charge in [0.1, 0.15) is 5.82 Å². The number of carbonyl (C=O) groups is 1. The van der Waals surface area contributed by atoms with Crippen molar-refractivity contribution in [3.63, 3.8) is 0 Å². The third-order valence-corrected chi connectivity index (χ3v) is 9.10. The van der Waals surface area contributed by atoms with Crippen molar-refractivity contribution in [2.24, 2.45) is 0 Å². The fourth-order valence-electron chi connectivity index (χ4n) is 3.47. The maximum absolute atomic E-state index is 13.1. The Labute approximate surface area is 175 Å². The number of hydrogen-bond donors (Lipinski definition) is 2. The molecule has 0 radical (unpaired) electrons. The molecular weight excluding hydrogens is 431 g/mol. The van der Waals surface area contributed by atoms with Crippen LogP contribution in [0.15, 0.2) is 53.4 Å². The first-order valence-corrected chi connectivity index (χ1v) is 12.7. The molecule has 0 saturated carbocycles. The molecule has 2 aromatic carbocycles. The highest BCUT2D eigenvalue weighted by atomic mass is 32.2. The van der Waals surface area contributed by atoms with E-state index < -0.39 is 36.7 Å². The molecule has 7 nitrogen and oxygen atoms in total. The molecule has 2 atom stereocenters. The molecule has 0 aliphatic carbocycles. The van der Waals surface area contributed by atoms with E-state index in [4.69, 9.17) is 0 Å². The van der Waals surface area contributed by atoms with Gasteiger partial charge in [-0.15, -0.1) is 0 Å². The Kier molecular flexibility index (Phi) is 6.59. The van der Waals surface area contributed by atoms with Gasteiger partial charge in [0.05, 0.1) is 21.7 Å². The molecule has 0 bridgehead atoms. The van der Waals surface area contributed by atoms with Gasteiger partial charge in [-0.3, -0.25) is 4.79 Å². The average Bonchev–Trinajstić information content (AvgIpc) is 2.99. The van der Waals surface area contributed by atoms with Crippen molar-refractivity contribution in [1.82, 2.24) is 5.32 Å². The van der Waals surface area contributed by atoms with Crippen molar-refractivity contribution in [3.05, 3.63) is 59.9 Å². The molecule has 2 aromatic rings. The minimum absolute atomic E-state index is 0.00374. The molecule has 1 fully saturated rings. The van der Waals surface area contributed by atoms with Crippen LogP contribution < -0.4 is 10.6 Å². The van der Waals surface area contributed by atoms with E-state index in [2.05, 4.69) is 10.6 Å². The number of rotatable bonds is 7. The zero-order valence-electron chi connectivity index (χ0n) is 16.3. The topological polar surface area (TPSA) is 109 Å². The van der Waals surface area contributed by atoms with E-state index in [1.165, 1.54) is 43.3 Å². The zero-order valence-corrected chi connectivity index (χ0v) is 18.0. The molecule has 2 N–H and O–H groups in total. The van der Waals surface area contributed by atoms with Crippen LogP contribution in [0.2, 0.25) is 0 Å². The van der Waals surface area contributed by atoms with Gasteiger partial charge in [0.15, 0.2) is 19.7 Å². The van der Waals surface area contributed by atoms with Crippen molar-refractivity contribution < 1.29 is 26.0 Å². The van der Waals surface area contributed by atoms with Crippen molar-refractivity contribution in [1.29, 1.82) is 0 Å². The zero-order chi connectivity index (χ0) is 21.9. The summed E-state index contributed by atoms with van der Waals surface area (Å²) in [5.74, 6) is -1.33.